The van der Waals surface area contributed by atoms with Crippen molar-refractivity contribution in [2.24, 2.45) is 5.73 Å². The van der Waals surface area contributed by atoms with Gasteiger partial charge in [-0.2, -0.15) is 0 Å². The third kappa shape index (κ3) is 4.21. The van der Waals surface area contributed by atoms with Gasteiger partial charge in [-0.1, -0.05) is 29.3 Å². The number of halogens is 2. The lowest BCUT2D eigenvalue weighted by Crippen LogP contribution is -2.12. The molecule has 2 N–H and O–H groups in total. The summed E-state index contributed by atoms with van der Waals surface area (Å²) in [6, 6.07) is 10.7. The predicted molar refractivity (Wildman–Crippen MR) is 128 cm³/mol. The fourth-order valence-electron chi connectivity index (χ4n) is 3.39. The van der Waals surface area contributed by atoms with Gasteiger partial charge in [0.25, 0.3) is 0 Å². The number of primary amides is 1. The topological polar surface area (TPSA) is 114 Å². The molecule has 0 unspecified atom stereocenters. The van der Waals surface area contributed by atoms with Gasteiger partial charge >= 0.3 is 5.97 Å². The van der Waals surface area contributed by atoms with Gasteiger partial charge < -0.3 is 19.9 Å². The molecular weight excluding hydrogens is 481 g/mol. The summed E-state index contributed by atoms with van der Waals surface area (Å²) in [6.07, 6.45) is 2.95. The highest BCUT2D eigenvalue weighted by Gasteiger charge is 2.23. The maximum atomic E-state index is 13.0. The summed E-state index contributed by atoms with van der Waals surface area (Å²) in [7, 11) is 2.96. The zero-order chi connectivity index (χ0) is 24.4. The number of carbonyl (C=O) groups excluding carboxylic acids is 2. The molecule has 4 aromatic rings. The Hall–Kier alpha value is -3.88. The van der Waals surface area contributed by atoms with Crippen LogP contribution in [0.5, 0.6) is 17.2 Å². The van der Waals surface area contributed by atoms with Crippen molar-refractivity contribution in [2.75, 3.05) is 14.2 Å². The number of ether oxygens (including phenoxy) is 3. The summed E-state index contributed by atoms with van der Waals surface area (Å²) >= 11 is 13.2. The average Bonchev–Trinajstić information content (AvgIpc) is 2.84. The van der Waals surface area contributed by atoms with E-state index < -0.39 is 11.9 Å². The van der Waals surface area contributed by atoms with Gasteiger partial charge in [-0.05, 0) is 30.3 Å². The number of nitrogens with zero attached hydrogens (tertiary/aromatic N) is 2. The highest BCUT2D eigenvalue weighted by Crippen LogP contribution is 2.47. The van der Waals surface area contributed by atoms with Crippen LogP contribution in [0.25, 0.3) is 22.2 Å². The molecule has 0 radical (unpaired) electrons. The Kier molecular flexibility index (Phi) is 6.54. The van der Waals surface area contributed by atoms with Gasteiger partial charge in [-0.25, -0.2) is 4.79 Å². The standard InChI is InChI=1S/C24H17Cl2N3O5/c1-32-16-11-17(33-2)20(26)18(19(16)25)14-7-8-15(22-21(14)28-9-10-29-22)24(31)34-13-5-3-12(4-6-13)23(27)30/h3-11H,1-2H3,(H2,27,30). The zero-order valence-electron chi connectivity index (χ0n) is 18.0. The minimum absolute atomic E-state index is 0.174. The van der Waals surface area contributed by atoms with Crippen molar-refractivity contribution in [1.29, 1.82) is 0 Å². The van der Waals surface area contributed by atoms with Crippen LogP contribution in [0.1, 0.15) is 20.7 Å². The molecule has 34 heavy (non-hydrogen) atoms. The Morgan fingerprint density at radius 3 is 2.00 bits per heavy atom. The molecule has 0 bridgehead atoms. The summed E-state index contributed by atoms with van der Waals surface area (Å²) < 4.78 is 16.2. The van der Waals surface area contributed by atoms with Gasteiger partial charge in [0, 0.05) is 35.2 Å². The number of benzene rings is 3. The van der Waals surface area contributed by atoms with E-state index in [9.17, 15) is 9.59 Å². The summed E-state index contributed by atoms with van der Waals surface area (Å²) in [5.41, 5.74) is 7.32. The molecule has 0 aliphatic heterocycles. The third-order valence-corrected chi connectivity index (χ3v) is 5.79. The minimum Gasteiger partial charge on any atom is -0.495 e. The van der Waals surface area contributed by atoms with E-state index in [1.165, 1.54) is 50.9 Å². The predicted octanol–water partition coefficient (Wildman–Crippen LogP) is 4.94. The van der Waals surface area contributed by atoms with Crippen LogP contribution in [0.4, 0.5) is 0 Å². The molecule has 0 spiro atoms. The first-order chi connectivity index (χ1) is 16.3. The largest absolute Gasteiger partial charge is 0.495 e. The maximum Gasteiger partial charge on any atom is 0.345 e. The Morgan fingerprint density at radius 2 is 1.44 bits per heavy atom. The first-order valence-electron chi connectivity index (χ1n) is 9.81. The van der Waals surface area contributed by atoms with E-state index in [-0.39, 0.29) is 26.9 Å². The highest BCUT2D eigenvalue weighted by atomic mass is 35.5. The number of esters is 1. The number of hydrogen-bond acceptors (Lipinski definition) is 7. The molecule has 1 heterocycles. The quantitative estimate of drug-likeness (QED) is 0.296. The molecule has 10 heteroatoms. The third-order valence-electron chi connectivity index (χ3n) is 5.04. The molecule has 1 amide bonds. The van der Waals surface area contributed by atoms with Crippen LogP contribution in [0.2, 0.25) is 10.0 Å². The molecular formula is C24H17Cl2N3O5. The molecule has 4 rings (SSSR count). The van der Waals surface area contributed by atoms with Crippen LogP contribution in [-0.2, 0) is 0 Å². The van der Waals surface area contributed by atoms with Crippen molar-refractivity contribution in [3.63, 3.8) is 0 Å². The van der Waals surface area contributed by atoms with Gasteiger partial charge in [0.1, 0.15) is 22.8 Å². The van der Waals surface area contributed by atoms with E-state index in [1.807, 2.05) is 0 Å². The van der Waals surface area contributed by atoms with E-state index >= 15 is 0 Å². The van der Waals surface area contributed by atoms with Crippen LogP contribution in [0.15, 0.2) is 54.9 Å². The number of aromatic nitrogens is 2. The SMILES string of the molecule is COc1cc(OC)c(Cl)c(-c2ccc(C(=O)Oc3ccc(C(N)=O)cc3)c3nccnc23)c1Cl. The second-order valence-corrected chi connectivity index (χ2v) is 7.73. The molecule has 0 aliphatic carbocycles. The van der Waals surface area contributed by atoms with Gasteiger partial charge in [0.05, 0.1) is 35.3 Å². The van der Waals surface area contributed by atoms with E-state index in [2.05, 4.69) is 9.97 Å². The van der Waals surface area contributed by atoms with Gasteiger partial charge in [-0.15, -0.1) is 0 Å². The fraction of sp³-hybridized carbons (Fsp3) is 0.0833. The Balaban J connectivity index is 1.82. The number of nitrogens with two attached hydrogens (primary N) is 1. The molecule has 8 nitrogen and oxygen atoms in total. The summed E-state index contributed by atoms with van der Waals surface area (Å²) in [5, 5.41) is 0.509. The number of amides is 1. The van der Waals surface area contributed by atoms with Crippen LogP contribution in [0.3, 0.4) is 0 Å². The Bertz CT molecular complexity index is 1400. The average molecular weight is 498 g/mol. The second-order valence-electron chi connectivity index (χ2n) is 6.98. The second kappa shape index (κ2) is 9.54. The molecule has 0 saturated heterocycles. The monoisotopic (exact) mass is 497 g/mol. The number of rotatable bonds is 6. The van der Waals surface area contributed by atoms with Gasteiger partial charge in [-0.3, -0.25) is 14.8 Å². The smallest absolute Gasteiger partial charge is 0.345 e. The fourth-order valence-corrected chi connectivity index (χ4v) is 4.10. The van der Waals surface area contributed by atoms with Crippen LogP contribution in [-0.4, -0.2) is 36.1 Å². The Morgan fingerprint density at radius 1 is 0.853 bits per heavy atom. The van der Waals surface area contributed by atoms with E-state index in [4.69, 9.17) is 43.1 Å². The molecule has 0 fully saturated rings. The van der Waals surface area contributed by atoms with Crippen LogP contribution >= 0.6 is 23.2 Å². The lowest BCUT2D eigenvalue weighted by Gasteiger charge is -2.16. The van der Waals surface area contributed by atoms with Crippen molar-refractivity contribution < 1.29 is 23.8 Å². The highest BCUT2D eigenvalue weighted by molar-refractivity contribution is 6.41. The minimum atomic E-state index is -0.663. The molecule has 3 aromatic carbocycles. The molecule has 1 aromatic heterocycles. The van der Waals surface area contributed by atoms with E-state index in [1.54, 1.807) is 18.2 Å². The molecule has 0 atom stereocenters. The molecule has 0 saturated carbocycles. The summed E-state index contributed by atoms with van der Waals surface area (Å²) in [6.45, 7) is 0. The Labute approximate surface area is 204 Å². The van der Waals surface area contributed by atoms with Crippen molar-refractivity contribution in [1.82, 2.24) is 9.97 Å². The summed E-state index contributed by atoms with van der Waals surface area (Å²) in [5.74, 6) is -0.291. The number of fused-ring (bicyclic) bond motifs is 1. The van der Waals surface area contributed by atoms with Crippen LogP contribution in [0, 0.1) is 0 Å². The van der Waals surface area contributed by atoms with Gasteiger partial charge in [0.15, 0.2) is 0 Å². The first kappa shape index (κ1) is 23.3. The lowest BCUT2D eigenvalue weighted by molar-refractivity contribution is 0.0736. The zero-order valence-corrected chi connectivity index (χ0v) is 19.5. The molecule has 0 aliphatic rings. The van der Waals surface area contributed by atoms with Crippen molar-refractivity contribution in [3.8, 4) is 28.4 Å². The maximum absolute atomic E-state index is 13.0. The van der Waals surface area contributed by atoms with Crippen LogP contribution < -0.4 is 19.9 Å². The van der Waals surface area contributed by atoms with Crippen molar-refractivity contribution in [2.45, 2.75) is 0 Å². The van der Waals surface area contributed by atoms with E-state index in [0.717, 1.165) is 0 Å². The summed E-state index contributed by atoms with van der Waals surface area (Å²) in [4.78, 5) is 33.0. The molecule has 172 valence electrons. The number of carbonyl (C=O) groups is 2. The lowest BCUT2D eigenvalue weighted by atomic mass is 10.00. The van der Waals surface area contributed by atoms with Gasteiger partial charge in [0.2, 0.25) is 5.91 Å². The van der Waals surface area contributed by atoms with E-state index in [0.29, 0.717) is 33.7 Å². The number of hydrogen-bond donors (Lipinski definition) is 1. The number of methoxy groups -OCH3 is 2. The normalized spacial score (nSPS) is 10.7. The first-order valence-corrected chi connectivity index (χ1v) is 10.6. The van der Waals surface area contributed by atoms with Crippen molar-refractivity contribution in [3.05, 3.63) is 76.0 Å². The van der Waals surface area contributed by atoms with Crippen molar-refractivity contribution >= 4 is 46.1 Å².